The number of aromatic nitrogens is 1. The molecule has 0 aliphatic heterocycles. The summed E-state index contributed by atoms with van der Waals surface area (Å²) in [6, 6.07) is 2.74. The zero-order chi connectivity index (χ0) is 12.8. The fourth-order valence-corrected chi connectivity index (χ4v) is 1.23. The highest BCUT2D eigenvalue weighted by Gasteiger charge is 2.14. The van der Waals surface area contributed by atoms with Crippen LogP contribution in [0, 0.1) is 0 Å². The molecule has 17 heavy (non-hydrogen) atoms. The molecule has 1 aromatic rings. The molecular formula is C11H14N2O4. The standard InChI is InChI=1S/C11H14N2O4/c1-13(5-6-17-2)10(14)8-3-4-12-9(7-8)11(15)16/h3-4,7H,5-6H2,1-2H3,(H,15,16). The van der Waals surface area contributed by atoms with Crippen molar-refractivity contribution in [1.29, 1.82) is 0 Å². The molecule has 0 aromatic carbocycles. The molecule has 0 saturated heterocycles. The Morgan fingerprint density at radius 1 is 1.53 bits per heavy atom. The number of carboxylic acids is 1. The van der Waals surface area contributed by atoms with Gasteiger partial charge in [-0.25, -0.2) is 9.78 Å². The summed E-state index contributed by atoms with van der Waals surface area (Å²) in [6.45, 7) is 0.874. The number of nitrogens with zero attached hydrogens (tertiary/aromatic N) is 2. The summed E-state index contributed by atoms with van der Waals surface area (Å²) in [6.07, 6.45) is 1.31. The summed E-state index contributed by atoms with van der Waals surface area (Å²) in [5, 5.41) is 8.76. The van der Waals surface area contributed by atoms with E-state index in [2.05, 4.69) is 4.98 Å². The molecule has 0 saturated carbocycles. The molecule has 1 aromatic heterocycles. The van der Waals surface area contributed by atoms with E-state index >= 15 is 0 Å². The zero-order valence-electron chi connectivity index (χ0n) is 9.71. The normalized spacial score (nSPS) is 10.0. The van der Waals surface area contributed by atoms with Gasteiger partial charge < -0.3 is 14.7 Å². The van der Waals surface area contributed by atoms with E-state index in [1.165, 1.54) is 23.2 Å². The summed E-state index contributed by atoms with van der Waals surface area (Å²) in [4.78, 5) is 27.7. The molecule has 0 aliphatic rings. The lowest BCUT2D eigenvalue weighted by Gasteiger charge is -2.16. The highest BCUT2D eigenvalue weighted by Crippen LogP contribution is 2.05. The number of ether oxygens (including phenoxy) is 1. The van der Waals surface area contributed by atoms with Crippen molar-refractivity contribution in [3.63, 3.8) is 0 Å². The monoisotopic (exact) mass is 238 g/mol. The van der Waals surface area contributed by atoms with Gasteiger partial charge in [-0.2, -0.15) is 0 Å². The van der Waals surface area contributed by atoms with E-state index in [9.17, 15) is 9.59 Å². The van der Waals surface area contributed by atoms with Gasteiger partial charge >= 0.3 is 5.97 Å². The van der Waals surface area contributed by atoms with Crippen LogP contribution in [0.25, 0.3) is 0 Å². The van der Waals surface area contributed by atoms with Crippen LogP contribution in [-0.4, -0.2) is 54.2 Å². The van der Waals surface area contributed by atoms with Crippen molar-refractivity contribution < 1.29 is 19.4 Å². The number of aromatic carboxylic acids is 1. The highest BCUT2D eigenvalue weighted by atomic mass is 16.5. The molecule has 0 bridgehead atoms. The number of rotatable bonds is 5. The summed E-state index contributed by atoms with van der Waals surface area (Å²) in [5.74, 6) is -1.41. The number of pyridine rings is 1. The third-order valence-corrected chi connectivity index (χ3v) is 2.20. The van der Waals surface area contributed by atoms with Crippen LogP contribution in [0.3, 0.4) is 0 Å². The SMILES string of the molecule is COCCN(C)C(=O)c1ccnc(C(=O)O)c1. The zero-order valence-corrected chi connectivity index (χ0v) is 9.71. The van der Waals surface area contributed by atoms with Gasteiger partial charge in [-0.05, 0) is 12.1 Å². The van der Waals surface area contributed by atoms with Crippen LogP contribution in [0.5, 0.6) is 0 Å². The molecule has 6 heteroatoms. The molecule has 1 rings (SSSR count). The van der Waals surface area contributed by atoms with Gasteiger partial charge in [0.25, 0.3) is 5.91 Å². The van der Waals surface area contributed by atoms with Gasteiger partial charge in [0.15, 0.2) is 0 Å². The van der Waals surface area contributed by atoms with Gasteiger partial charge in [0.1, 0.15) is 5.69 Å². The summed E-state index contributed by atoms with van der Waals surface area (Å²) < 4.78 is 4.86. The summed E-state index contributed by atoms with van der Waals surface area (Å²) in [5.41, 5.74) is 0.159. The average molecular weight is 238 g/mol. The number of hydrogen-bond acceptors (Lipinski definition) is 4. The van der Waals surface area contributed by atoms with E-state index in [0.717, 1.165) is 0 Å². The summed E-state index contributed by atoms with van der Waals surface area (Å²) >= 11 is 0. The molecule has 1 N–H and O–H groups in total. The van der Waals surface area contributed by atoms with Crippen LogP contribution in [-0.2, 0) is 4.74 Å². The first-order chi connectivity index (χ1) is 8.06. The maximum atomic E-state index is 11.9. The maximum Gasteiger partial charge on any atom is 0.354 e. The van der Waals surface area contributed by atoms with Crippen LogP contribution in [0.2, 0.25) is 0 Å². The molecular weight excluding hydrogens is 224 g/mol. The van der Waals surface area contributed by atoms with E-state index in [1.807, 2.05) is 0 Å². The van der Waals surface area contributed by atoms with Gasteiger partial charge in [0, 0.05) is 32.5 Å². The van der Waals surface area contributed by atoms with E-state index < -0.39 is 5.97 Å². The van der Waals surface area contributed by atoms with E-state index in [4.69, 9.17) is 9.84 Å². The molecule has 0 aliphatic carbocycles. The Balaban J connectivity index is 2.81. The number of hydrogen-bond donors (Lipinski definition) is 1. The maximum absolute atomic E-state index is 11.9. The third kappa shape index (κ3) is 3.53. The average Bonchev–Trinajstić information content (AvgIpc) is 2.35. The van der Waals surface area contributed by atoms with E-state index in [0.29, 0.717) is 18.7 Å². The Hall–Kier alpha value is -1.95. The van der Waals surface area contributed by atoms with Crippen LogP contribution in [0.15, 0.2) is 18.3 Å². The predicted molar refractivity (Wildman–Crippen MR) is 60.0 cm³/mol. The number of carboxylic acid groups (broad SMARTS) is 1. The molecule has 6 nitrogen and oxygen atoms in total. The number of amides is 1. The van der Waals surface area contributed by atoms with Gasteiger partial charge in [-0.1, -0.05) is 0 Å². The number of methoxy groups -OCH3 is 1. The van der Waals surface area contributed by atoms with Crippen LogP contribution in [0.1, 0.15) is 20.8 Å². The minimum absolute atomic E-state index is 0.143. The van der Waals surface area contributed by atoms with Crippen molar-refractivity contribution in [2.45, 2.75) is 0 Å². The second-order valence-corrected chi connectivity index (χ2v) is 3.45. The molecule has 0 spiro atoms. The molecule has 0 radical (unpaired) electrons. The minimum Gasteiger partial charge on any atom is -0.477 e. The van der Waals surface area contributed by atoms with Gasteiger partial charge in [-0.15, -0.1) is 0 Å². The van der Waals surface area contributed by atoms with Crippen LogP contribution < -0.4 is 0 Å². The Morgan fingerprint density at radius 2 is 2.24 bits per heavy atom. The molecule has 0 atom stereocenters. The minimum atomic E-state index is -1.15. The van der Waals surface area contributed by atoms with Gasteiger partial charge in [0.05, 0.1) is 6.61 Å². The lowest BCUT2D eigenvalue weighted by molar-refractivity contribution is 0.0690. The second-order valence-electron chi connectivity index (χ2n) is 3.45. The first-order valence-electron chi connectivity index (χ1n) is 5.00. The van der Waals surface area contributed by atoms with Crippen molar-refractivity contribution in [3.8, 4) is 0 Å². The van der Waals surface area contributed by atoms with Crippen molar-refractivity contribution in [1.82, 2.24) is 9.88 Å². The second kappa shape index (κ2) is 5.95. The topological polar surface area (TPSA) is 79.7 Å². The van der Waals surface area contributed by atoms with Crippen molar-refractivity contribution in [3.05, 3.63) is 29.6 Å². The van der Waals surface area contributed by atoms with Crippen molar-refractivity contribution >= 4 is 11.9 Å². The lowest BCUT2D eigenvalue weighted by Crippen LogP contribution is -2.30. The molecule has 0 unspecified atom stereocenters. The Labute approximate surface area is 98.8 Å². The number of carbonyl (C=O) groups excluding carboxylic acids is 1. The van der Waals surface area contributed by atoms with E-state index in [1.54, 1.807) is 14.2 Å². The van der Waals surface area contributed by atoms with E-state index in [-0.39, 0.29) is 11.6 Å². The van der Waals surface area contributed by atoms with Crippen molar-refractivity contribution in [2.24, 2.45) is 0 Å². The molecule has 92 valence electrons. The largest absolute Gasteiger partial charge is 0.477 e. The highest BCUT2D eigenvalue weighted by molar-refractivity contribution is 5.96. The number of carbonyl (C=O) groups is 2. The quantitative estimate of drug-likeness (QED) is 0.807. The Kier molecular flexibility index (Phi) is 4.59. The molecule has 0 fully saturated rings. The third-order valence-electron chi connectivity index (χ3n) is 2.20. The fraction of sp³-hybridized carbons (Fsp3) is 0.364. The Morgan fingerprint density at radius 3 is 2.82 bits per heavy atom. The molecule has 1 amide bonds. The van der Waals surface area contributed by atoms with Gasteiger partial charge in [0.2, 0.25) is 0 Å². The lowest BCUT2D eigenvalue weighted by atomic mass is 10.2. The number of likely N-dealkylation sites (N-methyl/N-ethyl adjacent to an activating group) is 1. The smallest absolute Gasteiger partial charge is 0.354 e. The van der Waals surface area contributed by atoms with Crippen molar-refractivity contribution in [2.75, 3.05) is 27.3 Å². The molecule has 1 heterocycles. The fourth-order valence-electron chi connectivity index (χ4n) is 1.23. The van der Waals surface area contributed by atoms with Crippen LogP contribution >= 0.6 is 0 Å². The van der Waals surface area contributed by atoms with Gasteiger partial charge in [-0.3, -0.25) is 4.79 Å². The summed E-state index contributed by atoms with van der Waals surface area (Å²) in [7, 11) is 3.18. The first-order valence-corrected chi connectivity index (χ1v) is 5.00. The first kappa shape index (κ1) is 13.1. The predicted octanol–water partition coefficient (Wildman–Crippen LogP) is 0.498. The van der Waals surface area contributed by atoms with Crippen LogP contribution in [0.4, 0.5) is 0 Å². The Bertz CT molecular complexity index is 420.